The monoisotopic (exact) mass is 284 g/mol. The fourth-order valence-corrected chi connectivity index (χ4v) is 2.85. The molecule has 2 heterocycles. The number of benzene rings is 2. The molecule has 0 amide bonds. The number of pyridine rings is 2. The standard InChI is InChI=1S/C20H16N2/c1-3-13-21(14-4-1)19-11-7-10-18-17(19)9-8-12-20(18)22-15-5-2-6-16-22/h1-16H/q+2. The van der Waals surface area contributed by atoms with E-state index < -0.39 is 0 Å². The molecule has 2 aromatic carbocycles. The smallest absolute Gasteiger partial charge is 0.167 e. The van der Waals surface area contributed by atoms with Crippen molar-refractivity contribution in [3.8, 4) is 11.4 Å². The van der Waals surface area contributed by atoms with Gasteiger partial charge in [-0.25, -0.2) is 0 Å². The van der Waals surface area contributed by atoms with E-state index in [1.807, 2.05) is 12.1 Å². The van der Waals surface area contributed by atoms with Crippen LogP contribution >= 0.6 is 0 Å². The SMILES string of the molecule is c1cc[n+](-c2cccc3c(-[n+]4ccccc4)cccc23)cc1. The molecule has 0 N–H and O–H groups in total. The summed E-state index contributed by atoms with van der Waals surface area (Å²) in [5.41, 5.74) is 2.38. The fourth-order valence-electron chi connectivity index (χ4n) is 2.85. The van der Waals surface area contributed by atoms with E-state index in [1.54, 1.807) is 0 Å². The van der Waals surface area contributed by atoms with Crippen molar-refractivity contribution in [2.24, 2.45) is 0 Å². The normalized spacial score (nSPS) is 10.7. The van der Waals surface area contributed by atoms with Gasteiger partial charge in [0.05, 0.1) is 10.8 Å². The molecule has 2 heteroatoms. The Kier molecular flexibility index (Phi) is 3.13. The molecular weight excluding hydrogens is 268 g/mol. The van der Waals surface area contributed by atoms with Gasteiger partial charge in [-0.3, -0.25) is 0 Å². The molecule has 2 nitrogen and oxygen atoms in total. The van der Waals surface area contributed by atoms with Crippen molar-refractivity contribution in [1.29, 1.82) is 0 Å². The number of hydrogen-bond acceptors (Lipinski definition) is 0. The largest absolute Gasteiger partial charge is 0.218 e. The molecule has 0 unspecified atom stereocenters. The van der Waals surface area contributed by atoms with Gasteiger partial charge in [-0.15, -0.1) is 0 Å². The zero-order valence-electron chi connectivity index (χ0n) is 12.1. The first kappa shape index (κ1) is 12.7. The van der Waals surface area contributed by atoms with Crippen LogP contribution in [0.25, 0.3) is 22.1 Å². The quantitative estimate of drug-likeness (QED) is 0.498. The van der Waals surface area contributed by atoms with E-state index >= 15 is 0 Å². The van der Waals surface area contributed by atoms with E-state index in [1.165, 1.54) is 22.1 Å². The predicted octanol–water partition coefficient (Wildman–Crippen LogP) is 3.39. The molecule has 0 aliphatic rings. The Bertz CT molecular complexity index is 837. The molecule has 104 valence electrons. The van der Waals surface area contributed by atoms with Gasteiger partial charge in [0, 0.05) is 36.4 Å². The van der Waals surface area contributed by atoms with Crippen LogP contribution in [0.1, 0.15) is 0 Å². The number of rotatable bonds is 2. The Balaban J connectivity index is 2.00. The second kappa shape index (κ2) is 5.41. The molecule has 4 rings (SSSR count). The molecular formula is C20H16N2+2. The van der Waals surface area contributed by atoms with E-state index in [9.17, 15) is 0 Å². The lowest BCUT2D eigenvalue weighted by Crippen LogP contribution is -2.31. The molecule has 0 saturated carbocycles. The molecule has 0 aliphatic heterocycles. The van der Waals surface area contributed by atoms with Gasteiger partial charge >= 0.3 is 0 Å². The van der Waals surface area contributed by atoms with Crippen LogP contribution in [0.5, 0.6) is 0 Å². The summed E-state index contributed by atoms with van der Waals surface area (Å²) in [5.74, 6) is 0. The summed E-state index contributed by atoms with van der Waals surface area (Å²) in [4.78, 5) is 0. The molecule has 0 bridgehead atoms. The lowest BCUT2D eigenvalue weighted by molar-refractivity contribution is -0.595. The molecule has 2 aromatic heterocycles. The van der Waals surface area contributed by atoms with Crippen LogP contribution in [0, 0.1) is 0 Å². The first-order chi connectivity index (χ1) is 10.9. The Morgan fingerprint density at radius 2 is 0.818 bits per heavy atom. The number of nitrogens with zero attached hydrogens (tertiary/aromatic N) is 2. The average Bonchev–Trinajstić information content (AvgIpc) is 2.62. The molecule has 0 radical (unpaired) electrons. The molecule has 0 saturated heterocycles. The van der Waals surface area contributed by atoms with Crippen molar-refractivity contribution in [2.45, 2.75) is 0 Å². The maximum absolute atomic E-state index is 2.18. The fraction of sp³-hybridized carbons (Fsp3) is 0. The van der Waals surface area contributed by atoms with Gasteiger partial charge in [0.1, 0.15) is 0 Å². The third kappa shape index (κ3) is 2.15. The van der Waals surface area contributed by atoms with Crippen LogP contribution in [-0.2, 0) is 0 Å². The third-order valence-corrected chi connectivity index (χ3v) is 3.86. The molecule has 0 fully saturated rings. The molecule has 22 heavy (non-hydrogen) atoms. The second-order valence-electron chi connectivity index (χ2n) is 5.21. The van der Waals surface area contributed by atoms with E-state index in [4.69, 9.17) is 0 Å². The lowest BCUT2D eigenvalue weighted by atomic mass is 10.1. The maximum atomic E-state index is 2.18. The van der Waals surface area contributed by atoms with Crippen LogP contribution in [0.3, 0.4) is 0 Å². The van der Waals surface area contributed by atoms with Crippen molar-refractivity contribution in [3.63, 3.8) is 0 Å². The highest BCUT2D eigenvalue weighted by Crippen LogP contribution is 2.22. The summed E-state index contributed by atoms with van der Waals surface area (Å²) in [5, 5.41) is 2.49. The Morgan fingerprint density at radius 3 is 1.23 bits per heavy atom. The second-order valence-corrected chi connectivity index (χ2v) is 5.21. The van der Waals surface area contributed by atoms with E-state index in [0.717, 1.165) is 0 Å². The number of hydrogen-bond donors (Lipinski definition) is 0. The average molecular weight is 284 g/mol. The van der Waals surface area contributed by atoms with Gasteiger partial charge in [0.25, 0.3) is 0 Å². The molecule has 0 spiro atoms. The summed E-state index contributed by atoms with van der Waals surface area (Å²) in [7, 11) is 0. The molecule has 4 aromatic rings. The number of fused-ring (bicyclic) bond motifs is 1. The van der Waals surface area contributed by atoms with E-state index in [0.29, 0.717) is 0 Å². The maximum Gasteiger partial charge on any atom is 0.218 e. The highest BCUT2D eigenvalue weighted by Gasteiger charge is 2.15. The van der Waals surface area contributed by atoms with Gasteiger partial charge in [-0.05, 0) is 12.1 Å². The summed E-state index contributed by atoms with van der Waals surface area (Å²) in [6.45, 7) is 0. The summed E-state index contributed by atoms with van der Waals surface area (Å²) in [6, 6.07) is 25.2. The highest BCUT2D eigenvalue weighted by molar-refractivity contribution is 5.93. The van der Waals surface area contributed by atoms with Gasteiger partial charge in [0.15, 0.2) is 24.8 Å². The highest BCUT2D eigenvalue weighted by atomic mass is 14.9. The van der Waals surface area contributed by atoms with E-state index in [2.05, 4.69) is 94.6 Å². The van der Waals surface area contributed by atoms with Gasteiger partial charge < -0.3 is 0 Å². The van der Waals surface area contributed by atoms with Gasteiger partial charge in [-0.1, -0.05) is 24.3 Å². The van der Waals surface area contributed by atoms with Crippen LogP contribution < -0.4 is 9.13 Å². The van der Waals surface area contributed by atoms with E-state index in [-0.39, 0.29) is 0 Å². The van der Waals surface area contributed by atoms with Crippen LogP contribution in [0.4, 0.5) is 0 Å². The minimum atomic E-state index is 1.19. The predicted molar refractivity (Wildman–Crippen MR) is 87.0 cm³/mol. The van der Waals surface area contributed by atoms with Gasteiger partial charge in [0.2, 0.25) is 11.4 Å². The zero-order valence-corrected chi connectivity index (χ0v) is 12.1. The zero-order chi connectivity index (χ0) is 14.8. The minimum Gasteiger partial charge on any atom is -0.167 e. The molecule has 0 atom stereocenters. The Hall–Kier alpha value is -3.00. The van der Waals surface area contributed by atoms with Crippen LogP contribution in [0.2, 0.25) is 0 Å². The molecule has 0 aliphatic carbocycles. The first-order valence-electron chi connectivity index (χ1n) is 7.38. The minimum absolute atomic E-state index is 1.19. The summed E-state index contributed by atoms with van der Waals surface area (Å²) in [6.07, 6.45) is 8.32. The van der Waals surface area contributed by atoms with Crippen LogP contribution in [0.15, 0.2) is 97.6 Å². The third-order valence-electron chi connectivity index (χ3n) is 3.86. The van der Waals surface area contributed by atoms with Gasteiger partial charge in [-0.2, -0.15) is 9.13 Å². The summed E-state index contributed by atoms with van der Waals surface area (Å²) < 4.78 is 4.31. The Morgan fingerprint density at radius 1 is 0.409 bits per heavy atom. The first-order valence-corrected chi connectivity index (χ1v) is 7.38. The number of aromatic nitrogens is 2. The van der Waals surface area contributed by atoms with Crippen molar-refractivity contribution in [1.82, 2.24) is 0 Å². The van der Waals surface area contributed by atoms with Crippen molar-refractivity contribution < 1.29 is 9.13 Å². The Labute approximate surface area is 129 Å². The van der Waals surface area contributed by atoms with Crippen molar-refractivity contribution in [2.75, 3.05) is 0 Å². The summed E-state index contributed by atoms with van der Waals surface area (Å²) >= 11 is 0. The van der Waals surface area contributed by atoms with Crippen molar-refractivity contribution in [3.05, 3.63) is 97.6 Å². The van der Waals surface area contributed by atoms with Crippen molar-refractivity contribution >= 4 is 10.8 Å². The topological polar surface area (TPSA) is 7.76 Å². The van der Waals surface area contributed by atoms with Crippen LogP contribution in [-0.4, -0.2) is 0 Å². The lowest BCUT2D eigenvalue weighted by Gasteiger charge is -2.04.